The number of benzene rings is 1. The SMILES string of the molecule is O=C1NC(=O)[C@@H](Cc2nc(Cn3cncn3)nn2CCc2ccccc2)N1. The molecule has 1 fully saturated rings. The van der Waals surface area contributed by atoms with Crippen molar-refractivity contribution in [3.05, 3.63) is 60.2 Å². The van der Waals surface area contributed by atoms with Crippen LogP contribution >= 0.6 is 0 Å². The molecular formula is C17H18N8O2. The molecule has 1 atom stereocenters. The second kappa shape index (κ2) is 7.36. The first-order chi connectivity index (χ1) is 13.2. The van der Waals surface area contributed by atoms with Gasteiger partial charge in [0.1, 0.15) is 31.1 Å². The molecule has 1 saturated heterocycles. The van der Waals surface area contributed by atoms with E-state index >= 15 is 0 Å². The average molecular weight is 366 g/mol. The molecule has 4 rings (SSSR count). The number of rotatable bonds is 7. The van der Waals surface area contributed by atoms with Crippen LogP contribution in [-0.4, -0.2) is 47.5 Å². The van der Waals surface area contributed by atoms with Crippen molar-refractivity contribution in [2.75, 3.05) is 0 Å². The molecule has 3 aromatic rings. The van der Waals surface area contributed by atoms with E-state index in [9.17, 15) is 9.59 Å². The fraction of sp³-hybridized carbons (Fsp3) is 0.294. The summed E-state index contributed by atoms with van der Waals surface area (Å²) in [6.45, 7) is 1.00. The van der Waals surface area contributed by atoms with Gasteiger partial charge in [0.05, 0.1) is 0 Å². The van der Waals surface area contributed by atoms with Gasteiger partial charge in [-0.05, 0) is 12.0 Å². The van der Waals surface area contributed by atoms with E-state index in [1.807, 2.05) is 18.2 Å². The molecule has 0 saturated carbocycles. The van der Waals surface area contributed by atoms with E-state index in [1.54, 1.807) is 15.7 Å². The third-order valence-electron chi connectivity index (χ3n) is 4.26. The first-order valence-corrected chi connectivity index (χ1v) is 8.57. The summed E-state index contributed by atoms with van der Waals surface area (Å²) in [6, 6.07) is 8.94. The van der Waals surface area contributed by atoms with Crippen molar-refractivity contribution in [3.8, 4) is 0 Å². The van der Waals surface area contributed by atoms with Crippen LogP contribution < -0.4 is 10.6 Å². The molecule has 1 aliphatic rings. The lowest BCUT2D eigenvalue weighted by molar-refractivity contribution is -0.120. The maximum atomic E-state index is 11.9. The van der Waals surface area contributed by atoms with E-state index in [1.165, 1.54) is 11.9 Å². The van der Waals surface area contributed by atoms with Crippen LogP contribution in [0.4, 0.5) is 4.79 Å². The van der Waals surface area contributed by atoms with Crippen LogP contribution in [0.1, 0.15) is 17.2 Å². The Balaban J connectivity index is 1.53. The highest BCUT2D eigenvalue weighted by atomic mass is 16.2. The zero-order chi connectivity index (χ0) is 18.6. The number of imide groups is 1. The van der Waals surface area contributed by atoms with Gasteiger partial charge in [-0.3, -0.25) is 10.1 Å². The van der Waals surface area contributed by atoms with Crippen molar-refractivity contribution in [1.82, 2.24) is 40.2 Å². The number of hydrogen-bond donors (Lipinski definition) is 2. The lowest BCUT2D eigenvalue weighted by Gasteiger charge is -2.09. The molecule has 0 unspecified atom stereocenters. The number of aromatic nitrogens is 6. The summed E-state index contributed by atoms with van der Waals surface area (Å²) in [6.07, 6.45) is 4.10. The Morgan fingerprint density at radius 3 is 2.70 bits per heavy atom. The fourth-order valence-corrected chi connectivity index (χ4v) is 2.95. The fourth-order valence-electron chi connectivity index (χ4n) is 2.95. The van der Waals surface area contributed by atoms with Gasteiger partial charge >= 0.3 is 6.03 Å². The third kappa shape index (κ3) is 4.00. The van der Waals surface area contributed by atoms with Crippen molar-refractivity contribution in [2.45, 2.75) is 32.0 Å². The number of aryl methyl sites for hydroxylation is 2. The topological polar surface area (TPSA) is 120 Å². The van der Waals surface area contributed by atoms with Crippen molar-refractivity contribution >= 4 is 11.9 Å². The van der Waals surface area contributed by atoms with Crippen LogP contribution in [0, 0.1) is 0 Å². The number of hydrogen-bond acceptors (Lipinski definition) is 6. The molecule has 27 heavy (non-hydrogen) atoms. The average Bonchev–Trinajstić information content (AvgIpc) is 3.37. The summed E-state index contributed by atoms with van der Waals surface area (Å²) in [5.41, 5.74) is 1.18. The second-order valence-corrected chi connectivity index (χ2v) is 6.22. The Morgan fingerprint density at radius 1 is 1.15 bits per heavy atom. The Kier molecular flexibility index (Phi) is 4.60. The molecule has 10 nitrogen and oxygen atoms in total. The van der Waals surface area contributed by atoms with E-state index in [0.29, 0.717) is 24.7 Å². The van der Waals surface area contributed by atoms with E-state index < -0.39 is 12.1 Å². The lowest BCUT2D eigenvalue weighted by atomic mass is 10.1. The number of nitrogens with one attached hydrogen (secondary N) is 2. The Morgan fingerprint density at radius 2 is 2.00 bits per heavy atom. The normalized spacial score (nSPS) is 16.4. The van der Waals surface area contributed by atoms with E-state index in [2.05, 4.69) is 42.9 Å². The second-order valence-electron chi connectivity index (χ2n) is 6.22. The Bertz CT molecular complexity index is 935. The van der Waals surface area contributed by atoms with Gasteiger partial charge < -0.3 is 5.32 Å². The van der Waals surface area contributed by atoms with Crippen LogP contribution in [0.2, 0.25) is 0 Å². The minimum Gasteiger partial charge on any atom is -0.326 e. The largest absolute Gasteiger partial charge is 0.326 e. The summed E-state index contributed by atoms with van der Waals surface area (Å²) in [5.74, 6) is 0.868. The Hall–Kier alpha value is -3.56. The summed E-state index contributed by atoms with van der Waals surface area (Å²) in [7, 11) is 0. The monoisotopic (exact) mass is 366 g/mol. The number of nitrogens with zero attached hydrogens (tertiary/aromatic N) is 6. The predicted molar refractivity (Wildman–Crippen MR) is 93.5 cm³/mol. The molecule has 0 radical (unpaired) electrons. The highest BCUT2D eigenvalue weighted by molar-refractivity contribution is 6.04. The smallest absolute Gasteiger partial charge is 0.322 e. The minimum absolute atomic E-state index is 0.275. The van der Waals surface area contributed by atoms with Gasteiger partial charge in [-0.15, -0.1) is 0 Å². The highest BCUT2D eigenvalue weighted by Crippen LogP contribution is 2.09. The van der Waals surface area contributed by atoms with Crippen LogP contribution in [0.25, 0.3) is 0 Å². The Labute approximate surface area is 154 Å². The van der Waals surface area contributed by atoms with Gasteiger partial charge in [-0.2, -0.15) is 10.2 Å². The molecule has 2 N–H and O–H groups in total. The molecule has 2 aromatic heterocycles. The van der Waals surface area contributed by atoms with Crippen LogP contribution in [-0.2, 0) is 30.7 Å². The highest BCUT2D eigenvalue weighted by Gasteiger charge is 2.31. The molecular weight excluding hydrogens is 348 g/mol. The lowest BCUT2D eigenvalue weighted by Crippen LogP contribution is -2.32. The van der Waals surface area contributed by atoms with Crippen molar-refractivity contribution in [1.29, 1.82) is 0 Å². The van der Waals surface area contributed by atoms with E-state index in [4.69, 9.17) is 0 Å². The molecule has 0 aliphatic carbocycles. The van der Waals surface area contributed by atoms with Crippen LogP contribution in [0.3, 0.4) is 0 Å². The van der Waals surface area contributed by atoms with E-state index in [-0.39, 0.29) is 12.3 Å². The quantitative estimate of drug-likeness (QED) is 0.564. The van der Waals surface area contributed by atoms with Gasteiger partial charge in [0.15, 0.2) is 5.82 Å². The summed E-state index contributed by atoms with van der Waals surface area (Å²) in [5, 5.41) is 13.5. The predicted octanol–water partition coefficient (Wildman–Crippen LogP) is -0.0889. The van der Waals surface area contributed by atoms with Gasteiger partial charge in [-0.1, -0.05) is 30.3 Å². The maximum absolute atomic E-state index is 11.9. The van der Waals surface area contributed by atoms with Gasteiger partial charge in [-0.25, -0.2) is 24.1 Å². The van der Waals surface area contributed by atoms with Crippen molar-refractivity contribution in [3.63, 3.8) is 0 Å². The summed E-state index contributed by atoms with van der Waals surface area (Å²) < 4.78 is 3.42. The van der Waals surface area contributed by atoms with Crippen LogP contribution in [0.5, 0.6) is 0 Å². The molecule has 138 valence electrons. The van der Waals surface area contributed by atoms with Gasteiger partial charge in [0, 0.05) is 13.0 Å². The molecule has 10 heteroatoms. The van der Waals surface area contributed by atoms with E-state index in [0.717, 1.165) is 6.42 Å². The molecule has 1 aromatic carbocycles. The first kappa shape index (κ1) is 16.9. The number of carbonyl (C=O) groups excluding carboxylic acids is 2. The van der Waals surface area contributed by atoms with Crippen molar-refractivity contribution < 1.29 is 9.59 Å². The summed E-state index contributed by atoms with van der Waals surface area (Å²) >= 11 is 0. The van der Waals surface area contributed by atoms with Gasteiger partial charge in [0.2, 0.25) is 0 Å². The van der Waals surface area contributed by atoms with Gasteiger partial charge in [0.25, 0.3) is 5.91 Å². The number of amides is 3. The molecule has 0 bridgehead atoms. The first-order valence-electron chi connectivity index (χ1n) is 8.57. The van der Waals surface area contributed by atoms with Crippen molar-refractivity contribution in [2.24, 2.45) is 0 Å². The molecule has 3 amide bonds. The standard InChI is InChI=1S/C17H18N8O2/c26-16-13(20-17(27)22-16)8-15-21-14(9-24-11-18-10-19-24)23-25(15)7-6-12-4-2-1-3-5-12/h1-5,10-11,13H,6-9H2,(H2,20,22,26,27)/t13-/m1/s1. The molecule has 0 spiro atoms. The zero-order valence-corrected chi connectivity index (χ0v) is 14.4. The molecule has 1 aliphatic heterocycles. The minimum atomic E-state index is -0.642. The third-order valence-corrected chi connectivity index (χ3v) is 4.26. The zero-order valence-electron chi connectivity index (χ0n) is 14.4. The maximum Gasteiger partial charge on any atom is 0.322 e. The summed E-state index contributed by atoms with van der Waals surface area (Å²) in [4.78, 5) is 31.7. The number of urea groups is 1. The number of carbonyl (C=O) groups is 2. The molecule has 3 heterocycles. The van der Waals surface area contributed by atoms with Crippen LogP contribution in [0.15, 0.2) is 43.0 Å².